The van der Waals surface area contributed by atoms with Crippen LogP contribution in [0.1, 0.15) is 52.9 Å². The molecule has 20 heavy (non-hydrogen) atoms. The average molecular weight is 290 g/mol. The van der Waals surface area contributed by atoms with Crippen LogP contribution in [0.3, 0.4) is 0 Å². The van der Waals surface area contributed by atoms with Gasteiger partial charge in [-0.05, 0) is 38.5 Å². The summed E-state index contributed by atoms with van der Waals surface area (Å²) in [5.41, 5.74) is 0. The maximum absolute atomic E-state index is 11.6. The minimum absolute atomic E-state index is 0. The molecule has 1 saturated heterocycles. The van der Waals surface area contributed by atoms with Gasteiger partial charge in [0.25, 0.3) is 0 Å². The topological polar surface area (TPSA) is 84.8 Å². The molecule has 0 aromatic rings. The fourth-order valence-electron chi connectivity index (χ4n) is 2.04. The summed E-state index contributed by atoms with van der Waals surface area (Å²) in [5, 5.41) is 8.36. The van der Waals surface area contributed by atoms with E-state index in [-0.39, 0.29) is 12.3 Å². The van der Waals surface area contributed by atoms with Crippen LogP contribution in [0.2, 0.25) is 0 Å². The van der Waals surface area contributed by atoms with Crippen molar-refractivity contribution in [2.45, 2.75) is 59.0 Å². The van der Waals surface area contributed by atoms with E-state index in [1.807, 2.05) is 11.8 Å². The Morgan fingerprint density at radius 2 is 2.05 bits per heavy atom. The maximum atomic E-state index is 11.6. The Morgan fingerprint density at radius 3 is 2.50 bits per heavy atom. The van der Waals surface area contributed by atoms with E-state index in [1.165, 1.54) is 6.42 Å². The lowest BCUT2D eigenvalue weighted by atomic mass is 9.98. The predicted octanol–water partition coefficient (Wildman–Crippen LogP) is 2.61. The molecule has 0 spiro atoms. The number of carbonyl (C=O) groups is 1. The molecular formula is C15H34N2O3. The molecule has 5 heteroatoms. The summed E-state index contributed by atoms with van der Waals surface area (Å²) in [5.74, 6) is 0.864. The number of methoxy groups -OCH3 is 1. The van der Waals surface area contributed by atoms with Crippen LogP contribution in [-0.2, 0) is 9.53 Å². The number of hydrogen-bond donors (Lipinski definition) is 2. The van der Waals surface area contributed by atoms with Crippen LogP contribution in [0.25, 0.3) is 0 Å². The number of amides is 1. The van der Waals surface area contributed by atoms with Gasteiger partial charge in [0.05, 0.1) is 12.7 Å². The number of aliphatic hydroxyl groups is 1. The first-order valence-electron chi connectivity index (χ1n) is 7.49. The SMILES string of the molecule is CCCC(=O)N1CCC[C@H](COC)C1.CC[C@@H](C)O.N. The summed E-state index contributed by atoms with van der Waals surface area (Å²) in [7, 11) is 1.73. The van der Waals surface area contributed by atoms with Crippen LogP contribution < -0.4 is 6.15 Å². The van der Waals surface area contributed by atoms with Crippen molar-refractivity contribution in [3.05, 3.63) is 0 Å². The predicted molar refractivity (Wildman–Crippen MR) is 83.1 cm³/mol. The third kappa shape index (κ3) is 10.2. The third-order valence-corrected chi connectivity index (χ3v) is 3.33. The van der Waals surface area contributed by atoms with Crippen molar-refractivity contribution in [3.8, 4) is 0 Å². The van der Waals surface area contributed by atoms with Crippen LogP contribution in [0.5, 0.6) is 0 Å². The fraction of sp³-hybridized carbons (Fsp3) is 0.933. The Bertz CT molecular complexity index is 233. The minimum atomic E-state index is -0.116. The van der Waals surface area contributed by atoms with E-state index in [4.69, 9.17) is 9.84 Å². The van der Waals surface area contributed by atoms with E-state index < -0.39 is 0 Å². The number of likely N-dealkylation sites (tertiary alicyclic amines) is 1. The Morgan fingerprint density at radius 1 is 1.45 bits per heavy atom. The van der Waals surface area contributed by atoms with Gasteiger partial charge in [-0.3, -0.25) is 4.79 Å². The van der Waals surface area contributed by atoms with E-state index >= 15 is 0 Å². The smallest absolute Gasteiger partial charge is 0.222 e. The van der Waals surface area contributed by atoms with Crippen LogP contribution in [0.15, 0.2) is 0 Å². The van der Waals surface area contributed by atoms with Crippen molar-refractivity contribution >= 4 is 5.91 Å². The molecule has 1 amide bonds. The summed E-state index contributed by atoms with van der Waals surface area (Å²) in [6.07, 6.45) is 4.71. The molecule has 122 valence electrons. The molecule has 1 heterocycles. The minimum Gasteiger partial charge on any atom is -0.393 e. The van der Waals surface area contributed by atoms with Crippen molar-refractivity contribution in [1.29, 1.82) is 0 Å². The number of ether oxygens (including phenoxy) is 1. The lowest BCUT2D eigenvalue weighted by Gasteiger charge is -2.32. The highest BCUT2D eigenvalue weighted by Gasteiger charge is 2.22. The Balaban J connectivity index is 0. The van der Waals surface area contributed by atoms with Gasteiger partial charge in [0.2, 0.25) is 5.91 Å². The molecule has 0 bridgehead atoms. The monoisotopic (exact) mass is 290 g/mol. The van der Waals surface area contributed by atoms with Crippen molar-refractivity contribution in [2.75, 3.05) is 26.8 Å². The van der Waals surface area contributed by atoms with Gasteiger partial charge < -0.3 is 20.9 Å². The molecule has 0 unspecified atom stereocenters. The fourth-order valence-corrected chi connectivity index (χ4v) is 2.04. The quantitative estimate of drug-likeness (QED) is 0.815. The van der Waals surface area contributed by atoms with Crippen molar-refractivity contribution in [1.82, 2.24) is 11.1 Å². The van der Waals surface area contributed by atoms with E-state index in [9.17, 15) is 4.79 Å². The van der Waals surface area contributed by atoms with Crippen molar-refractivity contribution in [2.24, 2.45) is 5.92 Å². The molecule has 1 aliphatic heterocycles. The van der Waals surface area contributed by atoms with Gasteiger partial charge in [-0.15, -0.1) is 0 Å². The molecule has 0 saturated carbocycles. The standard InChI is InChI=1S/C11H21NO2.C4H10O.H3N/c1-3-5-11(13)12-7-4-6-10(8-12)9-14-2;1-3-4(2)5;/h10H,3-9H2,1-2H3;4-5H,3H2,1-2H3;1H3/t10-;4-;/m01./s1. The second-order valence-electron chi connectivity index (χ2n) is 5.31. The van der Waals surface area contributed by atoms with Crippen LogP contribution >= 0.6 is 0 Å². The third-order valence-electron chi connectivity index (χ3n) is 3.33. The van der Waals surface area contributed by atoms with Gasteiger partial charge in [-0.2, -0.15) is 0 Å². The Hall–Kier alpha value is -0.650. The first-order valence-corrected chi connectivity index (χ1v) is 7.49. The second-order valence-corrected chi connectivity index (χ2v) is 5.31. The largest absolute Gasteiger partial charge is 0.393 e. The molecule has 4 N–H and O–H groups in total. The molecule has 2 atom stereocenters. The van der Waals surface area contributed by atoms with E-state index in [2.05, 4.69) is 6.92 Å². The summed E-state index contributed by atoms with van der Waals surface area (Å²) in [4.78, 5) is 13.6. The van der Waals surface area contributed by atoms with E-state index in [1.54, 1.807) is 14.0 Å². The second kappa shape index (κ2) is 13.3. The average Bonchev–Trinajstić information content (AvgIpc) is 2.40. The normalized spacial score (nSPS) is 19.4. The van der Waals surface area contributed by atoms with Crippen LogP contribution in [-0.4, -0.2) is 48.8 Å². The molecule has 5 nitrogen and oxygen atoms in total. The summed E-state index contributed by atoms with van der Waals surface area (Å²) < 4.78 is 5.13. The first-order chi connectivity index (χ1) is 9.04. The number of piperidine rings is 1. The van der Waals surface area contributed by atoms with Gasteiger partial charge in [0.1, 0.15) is 0 Å². The highest BCUT2D eigenvalue weighted by atomic mass is 16.5. The van der Waals surface area contributed by atoms with Crippen molar-refractivity contribution in [3.63, 3.8) is 0 Å². The molecular weight excluding hydrogens is 256 g/mol. The zero-order chi connectivity index (χ0) is 14.7. The summed E-state index contributed by atoms with van der Waals surface area (Å²) >= 11 is 0. The van der Waals surface area contributed by atoms with Crippen LogP contribution in [0, 0.1) is 5.92 Å². The Labute approximate surface area is 124 Å². The van der Waals surface area contributed by atoms with Crippen LogP contribution in [0.4, 0.5) is 0 Å². The number of hydrogen-bond acceptors (Lipinski definition) is 4. The molecule has 0 aliphatic carbocycles. The molecule has 1 fully saturated rings. The molecule has 0 aromatic heterocycles. The number of nitrogens with zero attached hydrogens (tertiary/aromatic N) is 1. The highest BCUT2D eigenvalue weighted by Crippen LogP contribution is 2.17. The molecule has 1 rings (SSSR count). The zero-order valence-corrected chi connectivity index (χ0v) is 13.7. The van der Waals surface area contributed by atoms with Gasteiger partial charge in [-0.1, -0.05) is 13.8 Å². The maximum Gasteiger partial charge on any atom is 0.222 e. The lowest BCUT2D eigenvalue weighted by molar-refractivity contribution is -0.133. The van der Waals surface area contributed by atoms with Crippen molar-refractivity contribution < 1.29 is 14.6 Å². The highest BCUT2D eigenvalue weighted by molar-refractivity contribution is 5.76. The Kier molecular flexibility index (Phi) is 14.4. The van der Waals surface area contributed by atoms with E-state index in [0.29, 0.717) is 18.2 Å². The van der Waals surface area contributed by atoms with Gasteiger partial charge in [-0.25, -0.2) is 0 Å². The van der Waals surface area contributed by atoms with E-state index in [0.717, 1.165) is 39.0 Å². The zero-order valence-electron chi connectivity index (χ0n) is 13.7. The molecule has 0 radical (unpaired) electrons. The first kappa shape index (κ1) is 21.6. The number of rotatable bonds is 5. The lowest BCUT2D eigenvalue weighted by Crippen LogP contribution is -2.40. The number of carbonyl (C=O) groups excluding carboxylic acids is 1. The van der Waals surface area contributed by atoms with Gasteiger partial charge in [0.15, 0.2) is 0 Å². The van der Waals surface area contributed by atoms with Gasteiger partial charge in [0, 0.05) is 26.6 Å². The summed E-state index contributed by atoms with van der Waals surface area (Å²) in [6.45, 7) is 8.40. The number of aliphatic hydroxyl groups excluding tert-OH is 1. The molecule has 0 aromatic carbocycles. The molecule has 1 aliphatic rings. The van der Waals surface area contributed by atoms with Gasteiger partial charge >= 0.3 is 0 Å². The summed E-state index contributed by atoms with van der Waals surface area (Å²) in [6, 6.07) is 0.